The van der Waals surface area contributed by atoms with Gasteiger partial charge in [0, 0.05) is 28.4 Å². The quantitative estimate of drug-likeness (QED) is 0.648. The summed E-state index contributed by atoms with van der Waals surface area (Å²) in [6.45, 7) is 0. The Labute approximate surface area is 134 Å². The summed E-state index contributed by atoms with van der Waals surface area (Å²) in [7, 11) is 0. The van der Waals surface area contributed by atoms with Crippen LogP contribution in [0.5, 0.6) is 0 Å². The van der Waals surface area contributed by atoms with Crippen molar-refractivity contribution in [2.45, 2.75) is 12.5 Å². The molecule has 0 spiro atoms. The topological polar surface area (TPSA) is 70.9 Å². The molecule has 4 N–H and O–H groups in total. The third-order valence-corrected chi connectivity index (χ3v) is 3.77. The smallest absolute Gasteiger partial charge is 0.241 e. The second-order valence-corrected chi connectivity index (χ2v) is 5.38. The van der Waals surface area contributed by atoms with E-state index >= 15 is 0 Å². The molecule has 1 heterocycles. The third kappa shape index (κ3) is 3.25. The molecule has 1 aromatic heterocycles. The Bertz CT molecular complexity index is 872. The zero-order chi connectivity index (χ0) is 16.2. The van der Waals surface area contributed by atoms with Crippen LogP contribution in [-0.2, 0) is 11.2 Å². The van der Waals surface area contributed by atoms with Gasteiger partial charge < -0.3 is 16.0 Å². The van der Waals surface area contributed by atoms with E-state index in [9.17, 15) is 4.79 Å². The van der Waals surface area contributed by atoms with Crippen LogP contribution < -0.4 is 11.1 Å². The number of H-pyrrole nitrogens is 1. The van der Waals surface area contributed by atoms with Gasteiger partial charge in [0.05, 0.1) is 6.04 Å². The van der Waals surface area contributed by atoms with Gasteiger partial charge in [-0.25, -0.2) is 0 Å². The zero-order valence-corrected chi connectivity index (χ0v) is 12.5. The average molecular weight is 303 g/mol. The van der Waals surface area contributed by atoms with Gasteiger partial charge in [0.15, 0.2) is 0 Å². The molecular formula is C19H17N3O. The summed E-state index contributed by atoms with van der Waals surface area (Å²) in [6.07, 6.45) is 7.68. The molecule has 0 saturated carbocycles. The van der Waals surface area contributed by atoms with E-state index < -0.39 is 6.04 Å². The number of anilines is 1. The van der Waals surface area contributed by atoms with E-state index in [1.54, 1.807) is 24.3 Å². The van der Waals surface area contributed by atoms with Crippen molar-refractivity contribution in [3.05, 3.63) is 65.9 Å². The number of hydrogen-bond acceptors (Lipinski definition) is 2. The van der Waals surface area contributed by atoms with Crippen LogP contribution >= 0.6 is 0 Å². The van der Waals surface area contributed by atoms with Crippen LogP contribution in [0, 0.1) is 12.3 Å². The molecule has 4 heteroatoms. The van der Waals surface area contributed by atoms with Crippen LogP contribution in [0.15, 0.2) is 54.7 Å². The van der Waals surface area contributed by atoms with Crippen LogP contribution in [0.2, 0.25) is 0 Å². The van der Waals surface area contributed by atoms with E-state index in [0.717, 1.165) is 22.0 Å². The largest absolute Gasteiger partial charge is 0.361 e. The van der Waals surface area contributed by atoms with Gasteiger partial charge in [-0.2, -0.15) is 0 Å². The number of para-hydroxylation sites is 1. The minimum Gasteiger partial charge on any atom is -0.361 e. The lowest BCUT2D eigenvalue weighted by atomic mass is 10.0. The van der Waals surface area contributed by atoms with E-state index in [1.165, 1.54) is 0 Å². The van der Waals surface area contributed by atoms with E-state index in [1.807, 2.05) is 30.5 Å². The highest BCUT2D eigenvalue weighted by Gasteiger charge is 2.16. The van der Waals surface area contributed by atoms with Gasteiger partial charge in [0.1, 0.15) is 0 Å². The maximum atomic E-state index is 12.2. The second kappa shape index (κ2) is 6.39. The number of carbonyl (C=O) groups excluding carboxylic acids is 1. The lowest BCUT2D eigenvalue weighted by Crippen LogP contribution is -2.37. The van der Waals surface area contributed by atoms with Crippen LogP contribution in [0.25, 0.3) is 10.9 Å². The van der Waals surface area contributed by atoms with E-state index in [2.05, 4.69) is 16.2 Å². The minimum atomic E-state index is -0.624. The molecule has 114 valence electrons. The van der Waals surface area contributed by atoms with Gasteiger partial charge in [-0.05, 0) is 42.3 Å². The molecule has 0 unspecified atom stereocenters. The Morgan fingerprint density at radius 1 is 1.22 bits per heavy atom. The van der Waals surface area contributed by atoms with Crippen molar-refractivity contribution in [2.24, 2.45) is 5.73 Å². The highest BCUT2D eigenvalue weighted by Crippen LogP contribution is 2.19. The van der Waals surface area contributed by atoms with E-state index in [4.69, 9.17) is 12.2 Å². The van der Waals surface area contributed by atoms with Gasteiger partial charge in [0.25, 0.3) is 0 Å². The summed E-state index contributed by atoms with van der Waals surface area (Å²) in [4.78, 5) is 15.4. The van der Waals surface area contributed by atoms with Crippen LogP contribution in [0.1, 0.15) is 11.1 Å². The summed E-state index contributed by atoms with van der Waals surface area (Å²) in [5.74, 6) is 2.32. The normalized spacial score (nSPS) is 11.8. The summed E-state index contributed by atoms with van der Waals surface area (Å²) in [5, 5.41) is 3.90. The number of nitrogens with one attached hydrogen (secondary N) is 2. The average Bonchev–Trinajstić information content (AvgIpc) is 2.98. The molecule has 0 bridgehead atoms. The standard InChI is InChI=1S/C19H17N3O/c1-2-13-7-9-15(10-8-13)22-19(23)17(20)11-14-12-21-18-6-4-3-5-16(14)18/h1,3-10,12,17,21H,11,20H2,(H,22,23)/t17-/m0/s1. The summed E-state index contributed by atoms with van der Waals surface area (Å²) >= 11 is 0. The van der Waals surface area contributed by atoms with Gasteiger partial charge >= 0.3 is 0 Å². The van der Waals surface area contributed by atoms with Crippen molar-refractivity contribution in [2.75, 3.05) is 5.32 Å². The van der Waals surface area contributed by atoms with Crippen molar-refractivity contribution in [1.82, 2.24) is 4.98 Å². The van der Waals surface area contributed by atoms with Crippen LogP contribution in [-0.4, -0.2) is 16.9 Å². The summed E-state index contributed by atoms with van der Waals surface area (Å²) in [6, 6.07) is 14.4. The highest BCUT2D eigenvalue weighted by molar-refractivity contribution is 5.95. The van der Waals surface area contributed by atoms with Crippen LogP contribution in [0.3, 0.4) is 0 Å². The van der Waals surface area contributed by atoms with E-state index in [0.29, 0.717) is 12.1 Å². The SMILES string of the molecule is C#Cc1ccc(NC(=O)[C@@H](N)Cc2c[nH]c3ccccc23)cc1. The van der Waals surface area contributed by atoms with Crippen molar-refractivity contribution in [1.29, 1.82) is 0 Å². The molecule has 4 nitrogen and oxygen atoms in total. The molecule has 1 amide bonds. The predicted molar refractivity (Wildman–Crippen MR) is 93.0 cm³/mol. The molecule has 1 atom stereocenters. The molecular weight excluding hydrogens is 286 g/mol. The third-order valence-electron chi connectivity index (χ3n) is 3.77. The van der Waals surface area contributed by atoms with Gasteiger partial charge in [-0.3, -0.25) is 4.79 Å². The number of aromatic nitrogens is 1. The number of hydrogen-bond donors (Lipinski definition) is 3. The fourth-order valence-electron chi connectivity index (χ4n) is 2.51. The van der Waals surface area contributed by atoms with E-state index in [-0.39, 0.29) is 5.91 Å². The predicted octanol–water partition coefficient (Wildman–Crippen LogP) is 2.66. The fourth-order valence-corrected chi connectivity index (χ4v) is 2.51. The second-order valence-electron chi connectivity index (χ2n) is 5.38. The van der Waals surface area contributed by atoms with Gasteiger partial charge in [-0.15, -0.1) is 6.42 Å². The number of terminal acetylenes is 1. The molecule has 23 heavy (non-hydrogen) atoms. The first-order chi connectivity index (χ1) is 11.2. The molecule has 0 saturated heterocycles. The summed E-state index contributed by atoms with van der Waals surface area (Å²) < 4.78 is 0. The minimum absolute atomic E-state index is 0.219. The Hall–Kier alpha value is -3.03. The Morgan fingerprint density at radius 3 is 2.70 bits per heavy atom. The monoisotopic (exact) mass is 303 g/mol. The lowest BCUT2D eigenvalue weighted by Gasteiger charge is -2.12. The fraction of sp³-hybridized carbons (Fsp3) is 0.105. The number of nitrogens with two attached hydrogens (primary N) is 1. The van der Waals surface area contributed by atoms with Crippen molar-refractivity contribution < 1.29 is 4.79 Å². The maximum Gasteiger partial charge on any atom is 0.241 e. The Kier molecular flexibility index (Phi) is 4.13. The first-order valence-corrected chi connectivity index (χ1v) is 7.35. The lowest BCUT2D eigenvalue weighted by molar-refractivity contribution is -0.117. The number of aromatic amines is 1. The molecule has 2 aromatic carbocycles. The van der Waals surface area contributed by atoms with Crippen molar-refractivity contribution in [3.8, 4) is 12.3 Å². The highest BCUT2D eigenvalue weighted by atomic mass is 16.2. The first kappa shape index (κ1) is 14.9. The number of rotatable bonds is 4. The zero-order valence-electron chi connectivity index (χ0n) is 12.5. The molecule has 3 aromatic rings. The first-order valence-electron chi connectivity index (χ1n) is 7.35. The Morgan fingerprint density at radius 2 is 1.96 bits per heavy atom. The van der Waals surface area contributed by atoms with Crippen LogP contribution in [0.4, 0.5) is 5.69 Å². The number of carbonyl (C=O) groups is 1. The summed E-state index contributed by atoms with van der Waals surface area (Å²) in [5.41, 5.74) is 9.57. The molecule has 0 radical (unpaired) electrons. The Balaban J connectivity index is 1.68. The maximum absolute atomic E-state index is 12.2. The molecule has 3 rings (SSSR count). The molecule has 0 aliphatic heterocycles. The van der Waals surface area contributed by atoms with Crippen molar-refractivity contribution >= 4 is 22.5 Å². The van der Waals surface area contributed by atoms with Gasteiger partial charge in [0.2, 0.25) is 5.91 Å². The molecule has 0 aliphatic carbocycles. The number of fused-ring (bicyclic) bond motifs is 1. The number of amides is 1. The molecule has 0 aliphatic rings. The molecule has 0 fully saturated rings. The van der Waals surface area contributed by atoms with Crippen molar-refractivity contribution in [3.63, 3.8) is 0 Å². The van der Waals surface area contributed by atoms with Gasteiger partial charge in [-0.1, -0.05) is 24.1 Å². The number of benzene rings is 2.